The predicted octanol–water partition coefficient (Wildman–Crippen LogP) is 5.80. The number of para-hydroxylation sites is 1. The van der Waals surface area contributed by atoms with Gasteiger partial charge in [-0.05, 0) is 43.3 Å². The summed E-state index contributed by atoms with van der Waals surface area (Å²) < 4.78 is 9.45. The molecule has 1 fully saturated rings. The number of furan rings is 1. The van der Waals surface area contributed by atoms with Crippen LogP contribution in [0.5, 0.6) is 0 Å². The average Bonchev–Trinajstić information content (AvgIpc) is 3.46. The van der Waals surface area contributed by atoms with E-state index in [0.717, 1.165) is 17.3 Å². The average molecular weight is 508 g/mol. The van der Waals surface area contributed by atoms with Crippen LogP contribution in [0.2, 0.25) is 5.02 Å². The number of carbonyl (C=O) groups is 1. The third kappa shape index (κ3) is 3.83. The van der Waals surface area contributed by atoms with Gasteiger partial charge in [0.2, 0.25) is 0 Å². The molecule has 6 nitrogen and oxygen atoms in total. The van der Waals surface area contributed by atoms with Crippen molar-refractivity contribution in [1.29, 1.82) is 0 Å². The standard InChI is InChI=1S/C25H18ClN3O3S2/c1-15-22(24(31)29(27(15)2)18-9-4-3-5-10-18)28-23(30)21(34-25(28)33)14-19-11-12-20(32-19)16-7-6-8-17(26)13-16/h3-14H,1-2H3/b21-14-. The first kappa shape index (κ1) is 22.5. The van der Waals surface area contributed by atoms with Gasteiger partial charge in [0.1, 0.15) is 17.2 Å². The molecule has 1 aliphatic rings. The van der Waals surface area contributed by atoms with Crippen LogP contribution in [0.25, 0.3) is 23.1 Å². The summed E-state index contributed by atoms with van der Waals surface area (Å²) >= 11 is 12.7. The molecule has 5 rings (SSSR count). The van der Waals surface area contributed by atoms with E-state index in [9.17, 15) is 9.59 Å². The SMILES string of the molecule is Cc1c(N2C(=O)/C(=C/c3ccc(-c4cccc(Cl)c4)o3)SC2=S)c(=O)n(-c2ccccc2)n1C. The highest BCUT2D eigenvalue weighted by atomic mass is 35.5. The van der Waals surface area contributed by atoms with Crippen LogP contribution in [0.1, 0.15) is 11.5 Å². The molecule has 0 radical (unpaired) electrons. The highest BCUT2D eigenvalue weighted by molar-refractivity contribution is 8.27. The van der Waals surface area contributed by atoms with Crippen LogP contribution in [-0.4, -0.2) is 19.6 Å². The van der Waals surface area contributed by atoms with Crippen LogP contribution >= 0.6 is 35.6 Å². The van der Waals surface area contributed by atoms with Gasteiger partial charge in [0.25, 0.3) is 11.5 Å². The maximum Gasteiger partial charge on any atom is 0.296 e. The van der Waals surface area contributed by atoms with Gasteiger partial charge in [0.05, 0.1) is 16.3 Å². The van der Waals surface area contributed by atoms with Gasteiger partial charge in [-0.3, -0.25) is 19.2 Å². The minimum Gasteiger partial charge on any atom is -0.457 e. The van der Waals surface area contributed by atoms with Crippen molar-refractivity contribution in [2.24, 2.45) is 7.05 Å². The smallest absolute Gasteiger partial charge is 0.296 e. The second kappa shape index (κ2) is 8.79. The first-order chi connectivity index (χ1) is 16.3. The monoisotopic (exact) mass is 507 g/mol. The van der Waals surface area contributed by atoms with E-state index in [1.165, 1.54) is 9.58 Å². The van der Waals surface area contributed by atoms with Gasteiger partial charge in [0, 0.05) is 23.7 Å². The first-order valence-corrected chi connectivity index (χ1v) is 11.9. The fourth-order valence-corrected chi connectivity index (χ4v) is 5.27. The Kier molecular flexibility index (Phi) is 5.81. The van der Waals surface area contributed by atoms with Gasteiger partial charge in [-0.25, -0.2) is 4.68 Å². The summed E-state index contributed by atoms with van der Waals surface area (Å²) in [5.74, 6) is 0.776. The topological polar surface area (TPSA) is 60.4 Å². The molecule has 0 spiro atoms. The second-order valence-electron chi connectivity index (χ2n) is 7.64. The molecule has 2 aromatic heterocycles. The van der Waals surface area contributed by atoms with E-state index >= 15 is 0 Å². The molecule has 9 heteroatoms. The molecule has 170 valence electrons. The van der Waals surface area contributed by atoms with Crippen molar-refractivity contribution in [1.82, 2.24) is 9.36 Å². The summed E-state index contributed by atoms with van der Waals surface area (Å²) in [6.45, 7) is 1.79. The number of nitrogens with zero attached hydrogens (tertiary/aromatic N) is 3. The zero-order chi connectivity index (χ0) is 24.0. The van der Waals surface area contributed by atoms with Crippen molar-refractivity contribution in [3.8, 4) is 17.0 Å². The number of hydrogen-bond acceptors (Lipinski definition) is 5. The number of carbonyl (C=O) groups excluding carboxylic acids is 1. The highest BCUT2D eigenvalue weighted by Crippen LogP contribution is 2.37. The van der Waals surface area contributed by atoms with E-state index in [2.05, 4.69) is 0 Å². The lowest BCUT2D eigenvalue weighted by molar-refractivity contribution is -0.113. The number of benzene rings is 2. The van der Waals surface area contributed by atoms with Crippen molar-refractivity contribution >= 4 is 57.6 Å². The van der Waals surface area contributed by atoms with Crippen molar-refractivity contribution in [3.05, 3.63) is 98.5 Å². The van der Waals surface area contributed by atoms with Gasteiger partial charge in [-0.2, -0.15) is 0 Å². The fraction of sp³-hybridized carbons (Fsp3) is 0.0800. The third-order valence-electron chi connectivity index (χ3n) is 5.55. The molecular weight excluding hydrogens is 490 g/mol. The van der Waals surface area contributed by atoms with E-state index in [1.54, 1.807) is 42.9 Å². The molecule has 34 heavy (non-hydrogen) atoms. The van der Waals surface area contributed by atoms with E-state index in [-0.39, 0.29) is 17.2 Å². The Morgan fingerprint density at radius 1 is 1.03 bits per heavy atom. The Balaban J connectivity index is 1.50. The van der Waals surface area contributed by atoms with Gasteiger partial charge in [0.15, 0.2) is 4.32 Å². The molecule has 3 heterocycles. The zero-order valence-electron chi connectivity index (χ0n) is 18.2. The Labute approximate surface area is 210 Å². The molecule has 0 aliphatic carbocycles. The summed E-state index contributed by atoms with van der Waals surface area (Å²) in [7, 11) is 1.78. The van der Waals surface area contributed by atoms with Gasteiger partial charge >= 0.3 is 0 Å². The highest BCUT2D eigenvalue weighted by Gasteiger charge is 2.38. The minimum absolute atomic E-state index is 0.247. The van der Waals surface area contributed by atoms with E-state index < -0.39 is 0 Å². The van der Waals surface area contributed by atoms with Gasteiger partial charge in [-0.15, -0.1) is 0 Å². The summed E-state index contributed by atoms with van der Waals surface area (Å²) in [5, 5.41) is 0.607. The number of amides is 1. The van der Waals surface area contributed by atoms with Crippen molar-refractivity contribution < 1.29 is 9.21 Å². The van der Waals surface area contributed by atoms with E-state index in [4.69, 9.17) is 28.2 Å². The lowest BCUT2D eigenvalue weighted by atomic mass is 10.2. The maximum absolute atomic E-state index is 13.4. The van der Waals surface area contributed by atoms with Crippen LogP contribution in [0.4, 0.5) is 5.69 Å². The molecule has 0 bridgehead atoms. The van der Waals surface area contributed by atoms with E-state index in [0.29, 0.717) is 37.2 Å². The Morgan fingerprint density at radius 3 is 2.53 bits per heavy atom. The quantitative estimate of drug-likeness (QED) is 0.258. The number of halogens is 1. The van der Waals surface area contributed by atoms with Crippen LogP contribution < -0.4 is 10.5 Å². The number of rotatable bonds is 4. The molecule has 0 unspecified atom stereocenters. The molecule has 4 aromatic rings. The third-order valence-corrected chi connectivity index (χ3v) is 7.09. The molecule has 0 atom stereocenters. The second-order valence-corrected chi connectivity index (χ2v) is 9.75. The minimum atomic E-state index is -0.360. The summed E-state index contributed by atoms with van der Waals surface area (Å²) in [6, 6.07) is 20.2. The Morgan fingerprint density at radius 2 is 1.79 bits per heavy atom. The number of hydrogen-bond donors (Lipinski definition) is 0. The molecule has 1 amide bonds. The lowest BCUT2D eigenvalue weighted by Crippen LogP contribution is -2.33. The fourth-order valence-electron chi connectivity index (χ4n) is 3.83. The molecule has 0 saturated carbocycles. The number of anilines is 1. The van der Waals surface area contributed by atoms with Crippen LogP contribution in [-0.2, 0) is 11.8 Å². The predicted molar refractivity (Wildman–Crippen MR) is 141 cm³/mol. The largest absolute Gasteiger partial charge is 0.457 e. The van der Waals surface area contributed by atoms with Crippen molar-refractivity contribution in [2.75, 3.05) is 4.90 Å². The van der Waals surface area contributed by atoms with Crippen LogP contribution in [0, 0.1) is 6.92 Å². The van der Waals surface area contributed by atoms with E-state index in [1.807, 2.05) is 48.5 Å². The van der Waals surface area contributed by atoms with Gasteiger partial charge < -0.3 is 4.42 Å². The maximum atomic E-state index is 13.4. The Hall–Kier alpha value is -3.33. The van der Waals surface area contributed by atoms with Crippen LogP contribution in [0.15, 0.2) is 80.8 Å². The van der Waals surface area contributed by atoms with Crippen molar-refractivity contribution in [3.63, 3.8) is 0 Å². The molecule has 1 saturated heterocycles. The Bertz CT molecular complexity index is 1530. The summed E-state index contributed by atoms with van der Waals surface area (Å²) in [4.78, 5) is 28.4. The first-order valence-electron chi connectivity index (χ1n) is 10.3. The summed E-state index contributed by atoms with van der Waals surface area (Å²) in [6.07, 6.45) is 1.64. The molecule has 2 aromatic carbocycles. The number of aromatic nitrogens is 2. The number of thioether (sulfide) groups is 1. The van der Waals surface area contributed by atoms with Gasteiger partial charge in [-0.1, -0.05) is 65.9 Å². The van der Waals surface area contributed by atoms with Crippen LogP contribution in [0.3, 0.4) is 0 Å². The van der Waals surface area contributed by atoms with Crippen molar-refractivity contribution in [2.45, 2.75) is 6.92 Å². The zero-order valence-corrected chi connectivity index (χ0v) is 20.6. The lowest BCUT2D eigenvalue weighted by Gasteiger charge is -2.12. The normalized spacial score (nSPS) is 15.0. The summed E-state index contributed by atoms with van der Waals surface area (Å²) in [5.41, 5.74) is 2.10. The molecule has 0 N–H and O–H groups in total. The number of thiocarbonyl (C=S) groups is 1. The molecule has 1 aliphatic heterocycles. The molecular formula is C25H18ClN3O3S2.